The molecule has 4 rings (SSSR count). The third-order valence-corrected chi connectivity index (χ3v) is 6.76. The molecule has 0 aliphatic carbocycles. The second kappa shape index (κ2) is 9.46. The van der Waals surface area contributed by atoms with Gasteiger partial charge in [0.05, 0.1) is 56.1 Å². The van der Waals surface area contributed by atoms with Gasteiger partial charge in [0, 0.05) is 17.7 Å². The maximum Gasteiger partial charge on any atom is 0.203 e. The molecular weight excluding hydrogens is 444 g/mol. The highest BCUT2D eigenvalue weighted by molar-refractivity contribution is 7.95. The number of benzene rings is 3. The van der Waals surface area contributed by atoms with E-state index in [9.17, 15) is 4.21 Å². The van der Waals surface area contributed by atoms with Gasteiger partial charge in [0.2, 0.25) is 5.75 Å². The zero-order valence-corrected chi connectivity index (χ0v) is 19.8. The molecule has 172 valence electrons. The molecular formula is C25H24O7S. The standard InChI is InChI=1S/C25H24O7S/c1-27-16-8-6-15(7-9-16)25-23(19-11-10-17(28-2)14-22(19)33(25)26)32-18-12-20(29-3)24(31-5)21(13-18)30-4/h6-14H,1-5H3. The van der Waals surface area contributed by atoms with E-state index < -0.39 is 10.8 Å². The molecule has 1 aliphatic heterocycles. The van der Waals surface area contributed by atoms with Gasteiger partial charge in [-0.25, -0.2) is 4.21 Å². The van der Waals surface area contributed by atoms with Crippen LogP contribution in [0.1, 0.15) is 11.1 Å². The van der Waals surface area contributed by atoms with Gasteiger partial charge >= 0.3 is 0 Å². The van der Waals surface area contributed by atoms with Crippen LogP contribution in [0.4, 0.5) is 0 Å². The van der Waals surface area contributed by atoms with Crippen LogP contribution >= 0.6 is 0 Å². The first-order valence-corrected chi connectivity index (χ1v) is 11.2. The molecule has 0 spiro atoms. The van der Waals surface area contributed by atoms with Gasteiger partial charge in [-0.1, -0.05) is 0 Å². The van der Waals surface area contributed by atoms with Crippen molar-refractivity contribution in [3.05, 3.63) is 65.7 Å². The van der Waals surface area contributed by atoms with Crippen molar-refractivity contribution in [3.8, 4) is 34.5 Å². The minimum atomic E-state index is -1.48. The number of ether oxygens (including phenoxy) is 6. The lowest BCUT2D eigenvalue weighted by atomic mass is 10.1. The highest BCUT2D eigenvalue weighted by atomic mass is 32.2. The SMILES string of the molecule is COc1ccc(C2=C(Oc3cc(OC)c(OC)c(OC)c3)c3ccc(OC)cc3S2=O)cc1. The van der Waals surface area contributed by atoms with Crippen molar-refractivity contribution in [2.75, 3.05) is 35.5 Å². The zero-order valence-electron chi connectivity index (χ0n) is 19.0. The summed E-state index contributed by atoms with van der Waals surface area (Å²) in [6.07, 6.45) is 0. The predicted molar refractivity (Wildman–Crippen MR) is 126 cm³/mol. The molecule has 7 nitrogen and oxygen atoms in total. The molecule has 0 fully saturated rings. The molecule has 33 heavy (non-hydrogen) atoms. The van der Waals surface area contributed by atoms with Crippen LogP contribution in [0.25, 0.3) is 10.7 Å². The average molecular weight is 469 g/mol. The largest absolute Gasteiger partial charge is 0.497 e. The van der Waals surface area contributed by atoms with E-state index in [1.54, 1.807) is 32.4 Å². The van der Waals surface area contributed by atoms with Crippen molar-refractivity contribution in [3.63, 3.8) is 0 Å². The molecule has 1 atom stereocenters. The van der Waals surface area contributed by atoms with Crippen LogP contribution in [-0.4, -0.2) is 39.8 Å². The Morgan fingerprint density at radius 1 is 0.636 bits per heavy atom. The van der Waals surface area contributed by atoms with E-state index >= 15 is 0 Å². The van der Waals surface area contributed by atoms with Crippen LogP contribution in [0, 0.1) is 0 Å². The van der Waals surface area contributed by atoms with Crippen LogP contribution in [0.15, 0.2) is 59.5 Å². The van der Waals surface area contributed by atoms with Crippen molar-refractivity contribution >= 4 is 21.5 Å². The molecule has 0 amide bonds. The monoisotopic (exact) mass is 468 g/mol. The van der Waals surface area contributed by atoms with Crippen molar-refractivity contribution in [2.45, 2.75) is 4.90 Å². The molecule has 1 heterocycles. The number of fused-ring (bicyclic) bond motifs is 1. The summed E-state index contributed by atoms with van der Waals surface area (Å²) < 4.78 is 46.8. The molecule has 0 radical (unpaired) electrons. The Morgan fingerprint density at radius 3 is 1.79 bits per heavy atom. The molecule has 3 aromatic carbocycles. The van der Waals surface area contributed by atoms with Gasteiger partial charge in [0.25, 0.3) is 0 Å². The topological polar surface area (TPSA) is 72.5 Å². The van der Waals surface area contributed by atoms with Crippen LogP contribution in [-0.2, 0) is 10.8 Å². The maximum atomic E-state index is 13.6. The lowest BCUT2D eigenvalue weighted by Crippen LogP contribution is -1.99. The third kappa shape index (κ3) is 4.09. The third-order valence-electron chi connectivity index (χ3n) is 5.24. The van der Waals surface area contributed by atoms with E-state index in [0.717, 1.165) is 5.56 Å². The van der Waals surface area contributed by atoms with E-state index in [0.29, 0.717) is 55.6 Å². The Morgan fingerprint density at radius 2 is 1.24 bits per heavy atom. The number of methoxy groups -OCH3 is 5. The molecule has 0 bridgehead atoms. The summed E-state index contributed by atoms with van der Waals surface area (Å²) in [5.41, 5.74) is 1.47. The Balaban J connectivity index is 1.87. The van der Waals surface area contributed by atoms with Gasteiger partial charge < -0.3 is 28.4 Å². The minimum Gasteiger partial charge on any atom is -0.497 e. The fourth-order valence-corrected chi connectivity index (χ4v) is 5.08. The van der Waals surface area contributed by atoms with Gasteiger partial charge in [-0.15, -0.1) is 0 Å². The number of hydrogen-bond donors (Lipinski definition) is 0. The number of hydrogen-bond acceptors (Lipinski definition) is 7. The first-order chi connectivity index (χ1) is 16.0. The van der Waals surface area contributed by atoms with Crippen LogP contribution in [0.3, 0.4) is 0 Å². The van der Waals surface area contributed by atoms with Crippen LogP contribution in [0.5, 0.6) is 34.5 Å². The molecule has 3 aromatic rings. The average Bonchev–Trinajstić information content (AvgIpc) is 3.13. The van der Waals surface area contributed by atoms with Crippen molar-refractivity contribution in [2.24, 2.45) is 0 Å². The smallest absolute Gasteiger partial charge is 0.203 e. The van der Waals surface area contributed by atoms with Gasteiger partial charge in [-0.3, -0.25) is 0 Å². The summed E-state index contributed by atoms with van der Waals surface area (Å²) in [7, 11) is 6.30. The number of rotatable bonds is 8. The predicted octanol–water partition coefficient (Wildman–Crippen LogP) is 4.76. The highest BCUT2D eigenvalue weighted by Crippen LogP contribution is 2.46. The summed E-state index contributed by atoms with van der Waals surface area (Å²) in [5, 5.41) is 0. The molecule has 1 aliphatic rings. The van der Waals surface area contributed by atoms with Gasteiger partial charge in [-0.05, 0) is 48.0 Å². The fraction of sp³-hybridized carbons (Fsp3) is 0.200. The molecule has 1 unspecified atom stereocenters. The van der Waals surface area contributed by atoms with Crippen molar-refractivity contribution < 1.29 is 32.6 Å². The summed E-state index contributed by atoms with van der Waals surface area (Å²) in [4.78, 5) is 1.16. The fourth-order valence-electron chi connectivity index (χ4n) is 3.60. The molecule has 0 saturated heterocycles. The van der Waals surface area contributed by atoms with Gasteiger partial charge in [-0.2, -0.15) is 0 Å². The lowest BCUT2D eigenvalue weighted by molar-refractivity contribution is 0.321. The Kier molecular flexibility index (Phi) is 6.46. The quantitative estimate of drug-likeness (QED) is 0.472. The zero-order chi connectivity index (χ0) is 23.5. The van der Waals surface area contributed by atoms with E-state index in [4.69, 9.17) is 28.4 Å². The Bertz CT molecular complexity index is 1210. The van der Waals surface area contributed by atoms with E-state index in [2.05, 4.69) is 0 Å². The van der Waals surface area contributed by atoms with Crippen molar-refractivity contribution in [1.29, 1.82) is 0 Å². The second-order valence-corrected chi connectivity index (χ2v) is 8.37. The van der Waals surface area contributed by atoms with Crippen LogP contribution in [0.2, 0.25) is 0 Å². The normalized spacial score (nSPS) is 14.5. The summed E-state index contributed by atoms with van der Waals surface area (Å²) in [6.45, 7) is 0. The molecule has 8 heteroatoms. The van der Waals surface area contributed by atoms with Crippen molar-refractivity contribution in [1.82, 2.24) is 0 Å². The first kappa shape index (κ1) is 22.5. The Labute approximate surface area is 194 Å². The second-order valence-electron chi connectivity index (χ2n) is 6.98. The first-order valence-electron chi connectivity index (χ1n) is 10.0. The van der Waals surface area contributed by atoms with E-state index in [1.165, 1.54) is 21.3 Å². The Hall–Kier alpha value is -3.65. The van der Waals surface area contributed by atoms with Gasteiger partial charge in [0.1, 0.15) is 17.2 Å². The maximum absolute atomic E-state index is 13.6. The van der Waals surface area contributed by atoms with E-state index in [1.807, 2.05) is 36.4 Å². The molecule has 0 saturated carbocycles. The summed E-state index contributed by atoms with van der Waals surface area (Å²) >= 11 is 0. The van der Waals surface area contributed by atoms with E-state index in [-0.39, 0.29) is 0 Å². The lowest BCUT2D eigenvalue weighted by Gasteiger charge is -2.16. The van der Waals surface area contributed by atoms with Crippen LogP contribution < -0.4 is 28.4 Å². The molecule has 0 N–H and O–H groups in total. The minimum absolute atomic E-state index is 0.450. The summed E-state index contributed by atoms with van der Waals surface area (Å²) in [5.74, 6) is 3.60. The summed E-state index contributed by atoms with van der Waals surface area (Å²) in [6, 6.07) is 16.2. The van der Waals surface area contributed by atoms with Gasteiger partial charge in [0.15, 0.2) is 17.3 Å². The molecule has 0 aromatic heterocycles. The highest BCUT2D eigenvalue weighted by Gasteiger charge is 2.32.